The van der Waals surface area contributed by atoms with Crippen molar-refractivity contribution in [2.45, 2.75) is 32.4 Å². The normalized spacial score (nSPS) is 16.9. The van der Waals surface area contributed by atoms with Crippen molar-refractivity contribution >= 4 is 16.0 Å². The van der Waals surface area contributed by atoms with Crippen molar-refractivity contribution in [3.8, 4) is 11.5 Å². The van der Waals surface area contributed by atoms with E-state index in [-0.39, 0.29) is 36.7 Å². The predicted octanol–water partition coefficient (Wildman–Crippen LogP) is 1.58. The molecule has 1 aliphatic heterocycles. The molecule has 0 spiro atoms. The zero-order valence-corrected chi connectivity index (χ0v) is 16.8. The maximum atomic E-state index is 12.4. The Balaban J connectivity index is 2.21. The molecule has 2 rings (SSSR count). The molecule has 0 saturated carbocycles. The Bertz CT molecular complexity index is 729. The van der Waals surface area contributed by atoms with Gasteiger partial charge in [0.25, 0.3) is 0 Å². The molecule has 9 heteroatoms. The second-order valence-electron chi connectivity index (χ2n) is 6.26. The van der Waals surface area contributed by atoms with Crippen LogP contribution in [0, 0.1) is 0 Å². The fraction of sp³-hybridized carbons (Fsp3) is 0.611. The van der Waals surface area contributed by atoms with Crippen molar-refractivity contribution < 1.29 is 31.6 Å². The summed E-state index contributed by atoms with van der Waals surface area (Å²) in [4.78, 5) is 14.1. The average molecular weight is 401 g/mol. The summed E-state index contributed by atoms with van der Waals surface area (Å²) in [5.74, 6) is 0.0999. The van der Waals surface area contributed by atoms with E-state index in [9.17, 15) is 13.2 Å². The number of methoxy groups -OCH3 is 2. The third kappa shape index (κ3) is 6.37. The number of amides is 1. The van der Waals surface area contributed by atoms with Crippen LogP contribution in [0.4, 0.5) is 0 Å². The number of rotatable bonds is 10. The van der Waals surface area contributed by atoms with Gasteiger partial charge in [-0.1, -0.05) is 6.07 Å². The Morgan fingerprint density at radius 3 is 2.67 bits per heavy atom. The summed E-state index contributed by atoms with van der Waals surface area (Å²) < 4.78 is 44.6. The zero-order chi connectivity index (χ0) is 19.9. The molecule has 152 valence electrons. The molecular formula is C18H27NO7S. The standard InChI is InChI=1S/C18H27NO7S/c1-4-27(21,22)26-17-10-14(7-8-16(17)24-3)11-19(18(20)13-23-2)12-15-6-5-9-25-15/h7-8,10,15H,4-6,9,11-13H2,1-3H3/t15-/m0/s1. The summed E-state index contributed by atoms with van der Waals surface area (Å²) in [6, 6.07) is 4.97. The number of hydrogen-bond donors (Lipinski definition) is 0. The van der Waals surface area contributed by atoms with Gasteiger partial charge in [-0.05, 0) is 37.5 Å². The molecule has 1 aromatic rings. The lowest BCUT2D eigenvalue weighted by molar-refractivity contribution is -0.137. The van der Waals surface area contributed by atoms with Gasteiger partial charge in [0.1, 0.15) is 6.61 Å². The van der Waals surface area contributed by atoms with Crippen LogP contribution in [0.15, 0.2) is 18.2 Å². The molecule has 0 aromatic heterocycles. The van der Waals surface area contributed by atoms with Crippen molar-refractivity contribution in [3.63, 3.8) is 0 Å². The van der Waals surface area contributed by atoms with Crippen LogP contribution < -0.4 is 8.92 Å². The van der Waals surface area contributed by atoms with Crippen LogP contribution in [-0.2, 0) is 30.9 Å². The smallest absolute Gasteiger partial charge is 0.309 e. The summed E-state index contributed by atoms with van der Waals surface area (Å²) in [6.45, 7) is 2.91. The van der Waals surface area contributed by atoms with Gasteiger partial charge in [-0.25, -0.2) is 0 Å². The van der Waals surface area contributed by atoms with E-state index in [1.807, 2.05) is 0 Å². The van der Waals surface area contributed by atoms with Crippen LogP contribution in [0.1, 0.15) is 25.3 Å². The maximum absolute atomic E-state index is 12.4. The van der Waals surface area contributed by atoms with Gasteiger partial charge < -0.3 is 23.3 Å². The Hall–Kier alpha value is -1.84. The highest BCUT2D eigenvalue weighted by Crippen LogP contribution is 2.30. The molecule has 0 radical (unpaired) electrons. The van der Waals surface area contributed by atoms with Crippen LogP contribution in [-0.4, -0.2) is 65.1 Å². The highest BCUT2D eigenvalue weighted by atomic mass is 32.2. The molecule has 0 aliphatic carbocycles. The average Bonchev–Trinajstić information content (AvgIpc) is 3.14. The molecular weight excluding hydrogens is 374 g/mol. The SMILES string of the molecule is CCS(=O)(=O)Oc1cc(CN(C[C@@H]2CCCO2)C(=O)COC)ccc1OC. The fourth-order valence-corrected chi connectivity index (χ4v) is 3.33. The van der Waals surface area contributed by atoms with E-state index in [0.717, 1.165) is 18.4 Å². The van der Waals surface area contributed by atoms with Gasteiger partial charge in [0.05, 0.1) is 19.0 Å². The zero-order valence-electron chi connectivity index (χ0n) is 16.0. The van der Waals surface area contributed by atoms with E-state index in [4.69, 9.17) is 18.4 Å². The van der Waals surface area contributed by atoms with E-state index in [2.05, 4.69) is 0 Å². The monoisotopic (exact) mass is 401 g/mol. The molecule has 1 aromatic carbocycles. The Kier molecular flexibility index (Phi) is 7.88. The van der Waals surface area contributed by atoms with Crippen molar-refractivity contribution in [1.29, 1.82) is 0 Å². The summed E-state index contributed by atoms with van der Waals surface area (Å²) >= 11 is 0. The second kappa shape index (κ2) is 9.91. The van der Waals surface area contributed by atoms with Crippen LogP contribution in [0.25, 0.3) is 0 Å². The minimum absolute atomic E-state index is 0.000226. The minimum atomic E-state index is -3.69. The number of ether oxygens (including phenoxy) is 3. The van der Waals surface area contributed by atoms with Gasteiger partial charge in [-0.15, -0.1) is 0 Å². The lowest BCUT2D eigenvalue weighted by Crippen LogP contribution is -2.38. The maximum Gasteiger partial charge on any atom is 0.309 e. The van der Waals surface area contributed by atoms with E-state index < -0.39 is 10.1 Å². The number of hydrogen-bond acceptors (Lipinski definition) is 7. The van der Waals surface area contributed by atoms with Gasteiger partial charge in [-0.2, -0.15) is 8.42 Å². The summed E-state index contributed by atoms with van der Waals surface area (Å²) in [5, 5.41) is 0. The molecule has 1 fully saturated rings. The molecule has 1 aliphatic rings. The summed E-state index contributed by atoms with van der Waals surface area (Å²) in [6.07, 6.45) is 1.88. The van der Waals surface area contributed by atoms with Gasteiger partial charge in [0.15, 0.2) is 11.5 Å². The lowest BCUT2D eigenvalue weighted by Gasteiger charge is -2.25. The topological polar surface area (TPSA) is 91.4 Å². The highest BCUT2D eigenvalue weighted by Gasteiger charge is 2.23. The molecule has 27 heavy (non-hydrogen) atoms. The number of carbonyl (C=O) groups is 1. The quantitative estimate of drug-likeness (QED) is 0.550. The van der Waals surface area contributed by atoms with Crippen molar-refractivity contribution in [3.05, 3.63) is 23.8 Å². The number of nitrogens with zero attached hydrogens (tertiary/aromatic N) is 1. The Morgan fingerprint density at radius 1 is 1.30 bits per heavy atom. The largest absolute Gasteiger partial charge is 0.493 e. The molecule has 1 saturated heterocycles. The van der Waals surface area contributed by atoms with Crippen LogP contribution in [0.5, 0.6) is 11.5 Å². The van der Waals surface area contributed by atoms with Gasteiger partial charge in [0, 0.05) is 26.8 Å². The van der Waals surface area contributed by atoms with E-state index in [0.29, 0.717) is 18.9 Å². The fourth-order valence-electron chi connectivity index (χ4n) is 2.80. The minimum Gasteiger partial charge on any atom is -0.493 e. The van der Waals surface area contributed by atoms with Crippen molar-refractivity contribution in [1.82, 2.24) is 4.90 Å². The van der Waals surface area contributed by atoms with Crippen molar-refractivity contribution in [2.75, 3.05) is 39.7 Å². The Labute approximate surface area is 160 Å². The molecule has 8 nitrogen and oxygen atoms in total. The van der Waals surface area contributed by atoms with E-state index in [1.165, 1.54) is 21.1 Å². The first-order valence-electron chi connectivity index (χ1n) is 8.86. The van der Waals surface area contributed by atoms with Crippen LogP contribution in [0.2, 0.25) is 0 Å². The molecule has 0 bridgehead atoms. The van der Waals surface area contributed by atoms with Gasteiger partial charge >= 0.3 is 10.1 Å². The Morgan fingerprint density at radius 2 is 2.07 bits per heavy atom. The summed E-state index contributed by atoms with van der Waals surface area (Å²) in [7, 11) is -0.788. The second-order valence-corrected chi connectivity index (χ2v) is 8.12. The first-order chi connectivity index (χ1) is 12.9. The number of benzene rings is 1. The third-order valence-corrected chi connectivity index (χ3v) is 5.38. The van der Waals surface area contributed by atoms with E-state index >= 15 is 0 Å². The lowest BCUT2D eigenvalue weighted by atomic mass is 10.1. The highest BCUT2D eigenvalue weighted by molar-refractivity contribution is 7.87. The molecule has 1 amide bonds. The summed E-state index contributed by atoms with van der Waals surface area (Å²) in [5.41, 5.74) is 0.722. The first-order valence-corrected chi connectivity index (χ1v) is 10.4. The van der Waals surface area contributed by atoms with Crippen molar-refractivity contribution in [2.24, 2.45) is 0 Å². The third-order valence-electron chi connectivity index (χ3n) is 4.24. The predicted molar refractivity (Wildman–Crippen MR) is 99.3 cm³/mol. The molecule has 1 heterocycles. The first kappa shape index (κ1) is 21.5. The molecule has 1 atom stereocenters. The van der Waals surface area contributed by atoms with Crippen LogP contribution in [0.3, 0.4) is 0 Å². The van der Waals surface area contributed by atoms with Crippen LogP contribution >= 0.6 is 0 Å². The van der Waals surface area contributed by atoms with E-state index in [1.54, 1.807) is 23.1 Å². The number of carbonyl (C=O) groups excluding carboxylic acids is 1. The molecule has 0 unspecified atom stereocenters. The van der Waals surface area contributed by atoms with Gasteiger partial charge in [0.2, 0.25) is 5.91 Å². The van der Waals surface area contributed by atoms with Gasteiger partial charge in [-0.3, -0.25) is 4.79 Å². The molecule has 0 N–H and O–H groups in total.